The average molecular weight is 758 g/mol. The molecular weight excluding hydrogens is 727 g/mol. The highest BCUT2D eigenvalue weighted by atomic mass is 32.1. The summed E-state index contributed by atoms with van der Waals surface area (Å²) in [5.41, 5.74) is 11.6. The molecule has 0 unspecified atom stereocenters. The third-order valence-corrected chi connectivity index (χ3v) is 12.5. The molecule has 12 aromatic rings. The molecule has 0 spiro atoms. The van der Waals surface area contributed by atoms with Crippen LogP contribution >= 0.6 is 11.3 Å². The van der Waals surface area contributed by atoms with Crippen LogP contribution in [0.25, 0.3) is 120 Å². The zero-order chi connectivity index (χ0) is 38.2. The number of fused-ring (bicyclic) bond motifs is 10. The first-order chi connectivity index (χ1) is 28.7. The van der Waals surface area contributed by atoms with Gasteiger partial charge in [-0.15, -0.1) is 11.3 Å². The van der Waals surface area contributed by atoms with Gasteiger partial charge in [0.25, 0.3) is 0 Å². The normalized spacial score (nSPS) is 11.8. The molecule has 0 radical (unpaired) electrons. The predicted molar refractivity (Wildman–Crippen MR) is 242 cm³/mol. The van der Waals surface area contributed by atoms with Crippen molar-refractivity contribution in [3.05, 3.63) is 188 Å². The van der Waals surface area contributed by atoms with E-state index in [1.54, 1.807) is 0 Å². The maximum atomic E-state index is 6.43. The van der Waals surface area contributed by atoms with Crippen molar-refractivity contribution in [3.8, 4) is 56.3 Å². The fraction of sp³-hybridized carbons (Fsp3) is 0. The smallest absolute Gasteiger partial charge is 0.160 e. The summed E-state index contributed by atoms with van der Waals surface area (Å²) < 4.78 is 8.88. The summed E-state index contributed by atoms with van der Waals surface area (Å²) in [4.78, 5) is 15.8. The van der Waals surface area contributed by atoms with Crippen LogP contribution in [0, 0.1) is 0 Å². The van der Waals surface area contributed by atoms with Crippen LogP contribution in [0.3, 0.4) is 0 Å². The third kappa shape index (κ3) is 5.25. The van der Waals surface area contributed by atoms with Gasteiger partial charge in [-0.3, -0.25) is 0 Å². The van der Waals surface area contributed by atoms with E-state index in [0.717, 1.165) is 83.3 Å². The van der Waals surface area contributed by atoms with Crippen molar-refractivity contribution in [1.82, 2.24) is 15.0 Å². The first kappa shape index (κ1) is 32.7. The Morgan fingerprint density at radius 3 is 1.97 bits per heavy atom. The molecule has 0 aliphatic rings. The second-order valence-electron chi connectivity index (χ2n) is 14.7. The van der Waals surface area contributed by atoms with Gasteiger partial charge in [0.15, 0.2) is 5.82 Å². The van der Waals surface area contributed by atoms with Gasteiger partial charge in [-0.05, 0) is 35.2 Å². The Kier molecular flexibility index (Phi) is 7.37. The molecule has 0 bridgehead atoms. The molecule has 0 aliphatic carbocycles. The molecule has 5 heteroatoms. The SMILES string of the molecule is c1ccc(-c2cc(-c3cccc(-c4cccc5c4oc4ccccc45)c3)nc(-c3ccc(-c4nc5c6ccccc6ccc5c5c4sc4ccccc45)cc3)n2)cc1. The van der Waals surface area contributed by atoms with Crippen LogP contribution < -0.4 is 0 Å². The minimum Gasteiger partial charge on any atom is -0.455 e. The number of hydrogen-bond donors (Lipinski definition) is 0. The van der Waals surface area contributed by atoms with Crippen LogP contribution in [0.2, 0.25) is 0 Å². The monoisotopic (exact) mass is 757 g/mol. The number of hydrogen-bond acceptors (Lipinski definition) is 5. The Bertz CT molecular complexity index is 3570. The number of benzene rings is 8. The molecule has 270 valence electrons. The highest BCUT2D eigenvalue weighted by Crippen LogP contribution is 2.44. The van der Waals surface area contributed by atoms with Crippen LogP contribution in [-0.2, 0) is 0 Å². The number of pyridine rings is 1. The summed E-state index contributed by atoms with van der Waals surface area (Å²) in [6.07, 6.45) is 0. The average Bonchev–Trinajstić information content (AvgIpc) is 3.88. The molecule has 0 fully saturated rings. The maximum Gasteiger partial charge on any atom is 0.160 e. The van der Waals surface area contributed by atoms with Gasteiger partial charge in [-0.1, -0.05) is 164 Å². The van der Waals surface area contributed by atoms with Gasteiger partial charge in [0.05, 0.1) is 27.3 Å². The van der Waals surface area contributed by atoms with Crippen LogP contribution in [0.1, 0.15) is 0 Å². The van der Waals surface area contributed by atoms with E-state index in [2.05, 4.69) is 170 Å². The van der Waals surface area contributed by atoms with Gasteiger partial charge in [0, 0.05) is 64.8 Å². The molecule has 4 aromatic heterocycles. The summed E-state index contributed by atoms with van der Waals surface area (Å²) in [6.45, 7) is 0. The number of rotatable bonds is 5. The summed E-state index contributed by atoms with van der Waals surface area (Å²) in [5, 5.41) is 8.28. The summed E-state index contributed by atoms with van der Waals surface area (Å²) in [5.74, 6) is 0.664. The van der Waals surface area contributed by atoms with Gasteiger partial charge in [0.1, 0.15) is 11.2 Å². The maximum absolute atomic E-state index is 6.43. The molecule has 0 N–H and O–H groups in total. The second-order valence-corrected chi connectivity index (χ2v) is 15.8. The number of furan rings is 1. The van der Waals surface area contributed by atoms with E-state index in [-0.39, 0.29) is 0 Å². The van der Waals surface area contributed by atoms with Crippen LogP contribution in [-0.4, -0.2) is 15.0 Å². The molecule has 0 amide bonds. The summed E-state index contributed by atoms with van der Waals surface area (Å²) in [7, 11) is 0. The zero-order valence-electron chi connectivity index (χ0n) is 31.1. The van der Waals surface area contributed by atoms with E-state index in [4.69, 9.17) is 19.4 Å². The summed E-state index contributed by atoms with van der Waals surface area (Å²) >= 11 is 1.81. The number of nitrogens with zero attached hydrogens (tertiary/aromatic N) is 3. The Morgan fingerprint density at radius 2 is 1.09 bits per heavy atom. The van der Waals surface area contributed by atoms with Crippen LogP contribution in [0.15, 0.2) is 192 Å². The largest absolute Gasteiger partial charge is 0.455 e. The van der Waals surface area contributed by atoms with Gasteiger partial charge in [0.2, 0.25) is 0 Å². The van der Waals surface area contributed by atoms with Gasteiger partial charge in [-0.25, -0.2) is 15.0 Å². The highest BCUT2D eigenvalue weighted by Gasteiger charge is 2.19. The van der Waals surface area contributed by atoms with Crippen molar-refractivity contribution in [2.24, 2.45) is 0 Å². The molecule has 4 nitrogen and oxygen atoms in total. The number of para-hydroxylation sites is 2. The van der Waals surface area contributed by atoms with Crippen LogP contribution in [0.4, 0.5) is 0 Å². The topological polar surface area (TPSA) is 51.8 Å². The zero-order valence-corrected chi connectivity index (χ0v) is 31.9. The molecule has 0 saturated carbocycles. The lowest BCUT2D eigenvalue weighted by atomic mass is 9.98. The summed E-state index contributed by atoms with van der Waals surface area (Å²) in [6, 6.07) is 65.9. The molecule has 0 aliphatic heterocycles. The van der Waals surface area contributed by atoms with E-state index in [0.29, 0.717) is 5.82 Å². The highest BCUT2D eigenvalue weighted by molar-refractivity contribution is 7.26. The molecule has 0 saturated heterocycles. The van der Waals surface area contributed by atoms with Crippen molar-refractivity contribution in [2.45, 2.75) is 0 Å². The van der Waals surface area contributed by atoms with E-state index in [1.165, 1.54) is 30.9 Å². The van der Waals surface area contributed by atoms with Crippen molar-refractivity contribution < 1.29 is 4.42 Å². The number of aromatic nitrogens is 3. The predicted octanol–water partition coefficient (Wildman–Crippen LogP) is 14.8. The first-order valence-corrected chi connectivity index (χ1v) is 20.2. The Hall–Kier alpha value is -7.47. The van der Waals surface area contributed by atoms with E-state index < -0.39 is 0 Å². The van der Waals surface area contributed by atoms with E-state index >= 15 is 0 Å². The molecule has 12 rings (SSSR count). The van der Waals surface area contributed by atoms with Crippen molar-refractivity contribution in [2.75, 3.05) is 0 Å². The second kappa shape index (κ2) is 13.1. The quantitative estimate of drug-likeness (QED) is 0.164. The minimum atomic E-state index is 0.664. The van der Waals surface area contributed by atoms with Gasteiger partial charge >= 0.3 is 0 Å². The Morgan fingerprint density at radius 1 is 0.414 bits per heavy atom. The Balaban J connectivity index is 0.998. The first-order valence-electron chi connectivity index (χ1n) is 19.4. The lowest BCUT2D eigenvalue weighted by molar-refractivity contribution is 0.670. The molecule has 4 heterocycles. The van der Waals surface area contributed by atoms with Crippen LogP contribution in [0.5, 0.6) is 0 Å². The molecule has 58 heavy (non-hydrogen) atoms. The molecule has 0 atom stereocenters. The minimum absolute atomic E-state index is 0.664. The molecule has 8 aromatic carbocycles. The standard InChI is InChI=1S/C53H31N3OS/c1-2-13-33(14-3-1)44-31-45(37-16-10-15-36(30-37)39-20-11-21-41-40-18-6-8-22-46(40)57-51(39)41)55-53(54-44)35-26-24-34(25-27-35)49-52-48(42-19-7-9-23-47(42)58-52)43-29-28-32-12-4-5-17-38(32)50(43)56-49/h1-31H. The van der Waals surface area contributed by atoms with Crippen molar-refractivity contribution in [1.29, 1.82) is 0 Å². The van der Waals surface area contributed by atoms with Crippen molar-refractivity contribution in [3.63, 3.8) is 0 Å². The lowest BCUT2D eigenvalue weighted by Gasteiger charge is -2.12. The third-order valence-electron chi connectivity index (χ3n) is 11.3. The lowest BCUT2D eigenvalue weighted by Crippen LogP contribution is -1.96. The van der Waals surface area contributed by atoms with Gasteiger partial charge in [-0.2, -0.15) is 0 Å². The van der Waals surface area contributed by atoms with E-state index in [1.807, 2.05) is 29.5 Å². The fourth-order valence-electron chi connectivity index (χ4n) is 8.49. The van der Waals surface area contributed by atoms with Crippen molar-refractivity contribution >= 4 is 75.1 Å². The number of thiophene rings is 1. The fourth-order valence-corrected chi connectivity index (χ4v) is 9.72. The molecular formula is C53H31N3OS. The Labute approximate surface area is 337 Å². The van der Waals surface area contributed by atoms with Gasteiger partial charge < -0.3 is 4.42 Å². The van der Waals surface area contributed by atoms with E-state index in [9.17, 15) is 0 Å².